The Morgan fingerprint density at radius 3 is 2.63 bits per heavy atom. The molecule has 1 saturated heterocycles. The van der Waals surface area contributed by atoms with Crippen molar-refractivity contribution in [1.29, 1.82) is 0 Å². The first kappa shape index (κ1) is 18.0. The van der Waals surface area contributed by atoms with Crippen LogP contribution in [0, 0.1) is 0 Å². The number of nitrogens with one attached hydrogen (secondary N) is 1. The average molecular weight is 365 g/mol. The summed E-state index contributed by atoms with van der Waals surface area (Å²) < 4.78 is 5.39. The summed E-state index contributed by atoms with van der Waals surface area (Å²) in [5.74, 6) is 0.0273. The van der Waals surface area contributed by atoms with Gasteiger partial charge in [-0.1, -0.05) is 30.3 Å². The predicted octanol–water partition coefficient (Wildman–Crippen LogP) is 2.91. The van der Waals surface area contributed by atoms with Crippen LogP contribution >= 0.6 is 0 Å². The highest BCUT2D eigenvalue weighted by molar-refractivity contribution is 5.94. The van der Waals surface area contributed by atoms with Gasteiger partial charge in [-0.2, -0.15) is 0 Å². The molecule has 0 aromatic heterocycles. The van der Waals surface area contributed by atoms with Gasteiger partial charge in [-0.05, 0) is 42.7 Å². The third-order valence-corrected chi connectivity index (χ3v) is 5.41. The Hall–Kier alpha value is -2.37. The van der Waals surface area contributed by atoms with Crippen LogP contribution < -0.4 is 10.2 Å². The molecule has 142 valence electrons. The highest BCUT2D eigenvalue weighted by Crippen LogP contribution is 2.31. The molecule has 2 aromatic rings. The number of carbonyl (C=O) groups excluding carboxylic acids is 1. The largest absolute Gasteiger partial charge is 0.379 e. The second kappa shape index (κ2) is 8.11. The molecule has 5 heteroatoms. The molecule has 1 N–H and O–H groups in total. The lowest BCUT2D eigenvalue weighted by Crippen LogP contribution is -2.37. The first-order valence-electron chi connectivity index (χ1n) is 9.72. The average Bonchev–Trinajstić information content (AvgIpc) is 2.99. The maximum atomic E-state index is 12.6. The molecule has 0 aliphatic carbocycles. The van der Waals surface area contributed by atoms with Gasteiger partial charge < -0.3 is 15.0 Å². The van der Waals surface area contributed by atoms with Crippen LogP contribution in [-0.2, 0) is 22.5 Å². The summed E-state index contributed by atoms with van der Waals surface area (Å²) in [6.45, 7) is 7.07. The molecule has 0 bridgehead atoms. The van der Waals surface area contributed by atoms with E-state index in [1.807, 2.05) is 18.2 Å². The standard InChI is InChI=1S/C22H27N3O2/c1-17-14-19-4-2-3-5-21(19)25(17)16-22(26)23-20-8-6-18(7-9-20)15-24-10-12-27-13-11-24/h2-9,17H,10-16H2,1H3,(H,23,26)/t17-/m1/s1. The minimum absolute atomic E-state index is 0.0273. The fraction of sp³-hybridized carbons (Fsp3) is 0.409. The Balaban J connectivity index is 1.33. The van der Waals surface area contributed by atoms with Crippen molar-refractivity contribution in [2.75, 3.05) is 43.1 Å². The number of carbonyl (C=O) groups is 1. The maximum absolute atomic E-state index is 12.6. The topological polar surface area (TPSA) is 44.8 Å². The van der Waals surface area contributed by atoms with E-state index < -0.39 is 0 Å². The monoisotopic (exact) mass is 365 g/mol. The second-order valence-corrected chi connectivity index (χ2v) is 7.44. The van der Waals surface area contributed by atoms with Crippen molar-refractivity contribution in [3.8, 4) is 0 Å². The highest BCUT2D eigenvalue weighted by atomic mass is 16.5. The molecule has 1 atom stereocenters. The quantitative estimate of drug-likeness (QED) is 0.885. The summed E-state index contributed by atoms with van der Waals surface area (Å²) in [5.41, 5.74) is 4.62. The van der Waals surface area contributed by atoms with Gasteiger partial charge in [-0.25, -0.2) is 0 Å². The van der Waals surface area contributed by atoms with Crippen LogP contribution in [0.4, 0.5) is 11.4 Å². The van der Waals surface area contributed by atoms with Crippen molar-refractivity contribution in [1.82, 2.24) is 4.90 Å². The fourth-order valence-corrected chi connectivity index (χ4v) is 3.94. The summed E-state index contributed by atoms with van der Waals surface area (Å²) in [7, 11) is 0. The molecule has 2 aromatic carbocycles. The summed E-state index contributed by atoms with van der Waals surface area (Å²) in [5, 5.41) is 3.04. The molecule has 0 spiro atoms. The van der Waals surface area contributed by atoms with Gasteiger partial charge in [0.25, 0.3) is 0 Å². The fourth-order valence-electron chi connectivity index (χ4n) is 3.94. The molecule has 5 nitrogen and oxygen atoms in total. The number of fused-ring (bicyclic) bond motifs is 1. The first-order chi connectivity index (χ1) is 13.2. The third kappa shape index (κ3) is 4.31. The van der Waals surface area contributed by atoms with E-state index in [0.717, 1.165) is 45.0 Å². The number of morpholine rings is 1. The lowest BCUT2D eigenvalue weighted by molar-refractivity contribution is -0.115. The zero-order valence-electron chi connectivity index (χ0n) is 15.9. The molecular formula is C22H27N3O2. The van der Waals surface area contributed by atoms with Crippen LogP contribution in [0.5, 0.6) is 0 Å². The van der Waals surface area contributed by atoms with Crippen LogP contribution in [0.3, 0.4) is 0 Å². The molecular weight excluding hydrogens is 338 g/mol. The van der Waals surface area contributed by atoms with Gasteiger partial charge in [0.15, 0.2) is 0 Å². The van der Waals surface area contributed by atoms with Gasteiger partial charge in [0, 0.05) is 37.1 Å². The lowest BCUT2D eigenvalue weighted by atomic mass is 10.1. The van der Waals surface area contributed by atoms with Gasteiger partial charge in [-0.15, -0.1) is 0 Å². The van der Waals surface area contributed by atoms with E-state index >= 15 is 0 Å². The van der Waals surface area contributed by atoms with E-state index in [4.69, 9.17) is 4.74 Å². The molecule has 27 heavy (non-hydrogen) atoms. The highest BCUT2D eigenvalue weighted by Gasteiger charge is 2.26. The first-order valence-corrected chi connectivity index (χ1v) is 9.72. The van der Waals surface area contributed by atoms with Gasteiger partial charge in [-0.3, -0.25) is 9.69 Å². The maximum Gasteiger partial charge on any atom is 0.243 e. The lowest BCUT2D eigenvalue weighted by Gasteiger charge is -2.26. The smallest absolute Gasteiger partial charge is 0.243 e. The zero-order valence-corrected chi connectivity index (χ0v) is 15.9. The summed E-state index contributed by atoms with van der Waals surface area (Å²) in [4.78, 5) is 17.1. The van der Waals surface area contributed by atoms with Crippen LogP contribution in [0.25, 0.3) is 0 Å². The number of anilines is 2. The van der Waals surface area contributed by atoms with E-state index in [-0.39, 0.29) is 5.91 Å². The Kier molecular flexibility index (Phi) is 5.41. The predicted molar refractivity (Wildman–Crippen MR) is 108 cm³/mol. The number of hydrogen-bond acceptors (Lipinski definition) is 4. The molecule has 1 fully saturated rings. The van der Waals surface area contributed by atoms with Gasteiger partial charge in [0.1, 0.15) is 0 Å². The van der Waals surface area contributed by atoms with E-state index in [2.05, 4.69) is 52.4 Å². The van der Waals surface area contributed by atoms with Crippen LogP contribution in [0.2, 0.25) is 0 Å². The molecule has 0 radical (unpaired) electrons. The molecule has 2 aliphatic rings. The molecule has 2 aliphatic heterocycles. The Morgan fingerprint density at radius 2 is 1.85 bits per heavy atom. The minimum Gasteiger partial charge on any atom is -0.379 e. The second-order valence-electron chi connectivity index (χ2n) is 7.44. The molecule has 0 saturated carbocycles. The van der Waals surface area contributed by atoms with Crippen molar-refractivity contribution in [2.24, 2.45) is 0 Å². The summed E-state index contributed by atoms with van der Waals surface area (Å²) in [6, 6.07) is 16.9. The van der Waals surface area contributed by atoms with E-state index in [0.29, 0.717) is 12.6 Å². The van der Waals surface area contributed by atoms with Crippen molar-refractivity contribution >= 4 is 17.3 Å². The van der Waals surface area contributed by atoms with Crippen molar-refractivity contribution in [3.63, 3.8) is 0 Å². The van der Waals surface area contributed by atoms with Crippen LogP contribution in [0.1, 0.15) is 18.1 Å². The van der Waals surface area contributed by atoms with Crippen molar-refractivity contribution in [2.45, 2.75) is 25.9 Å². The van der Waals surface area contributed by atoms with Gasteiger partial charge in [0.05, 0.1) is 19.8 Å². The number of benzene rings is 2. The number of amides is 1. The number of hydrogen-bond donors (Lipinski definition) is 1. The van der Waals surface area contributed by atoms with Crippen molar-refractivity contribution in [3.05, 3.63) is 59.7 Å². The molecule has 1 amide bonds. The number of nitrogens with zero attached hydrogens (tertiary/aromatic N) is 2. The normalized spacial score (nSPS) is 19.7. The Bertz CT molecular complexity index is 784. The van der Waals surface area contributed by atoms with Crippen molar-refractivity contribution < 1.29 is 9.53 Å². The third-order valence-electron chi connectivity index (χ3n) is 5.41. The molecule has 4 rings (SSSR count). The Labute approximate surface area is 160 Å². The summed E-state index contributed by atoms with van der Waals surface area (Å²) in [6.07, 6.45) is 1.000. The van der Waals surface area contributed by atoms with E-state index in [1.165, 1.54) is 16.8 Å². The van der Waals surface area contributed by atoms with E-state index in [9.17, 15) is 4.79 Å². The molecule has 2 heterocycles. The SMILES string of the molecule is C[C@@H]1Cc2ccccc2N1CC(=O)Nc1ccc(CN2CCOCC2)cc1. The minimum atomic E-state index is 0.0273. The van der Waals surface area contributed by atoms with Gasteiger partial charge >= 0.3 is 0 Å². The van der Waals surface area contributed by atoms with Crippen LogP contribution in [-0.4, -0.2) is 49.7 Å². The molecule has 0 unspecified atom stereocenters. The number of ether oxygens (including phenoxy) is 1. The number of para-hydroxylation sites is 1. The number of rotatable bonds is 5. The van der Waals surface area contributed by atoms with Gasteiger partial charge in [0.2, 0.25) is 5.91 Å². The zero-order chi connectivity index (χ0) is 18.6. The van der Waals surface area contributed by atoms with Crippen LogP contribution in [0.15, 0.2) is 48.5 Å². The van der Waals surface area contributed by atoms with E-state index in [1.54, 1.807) is 0 Å². The summed E-state index contributed by atoms with van der Waals surface area (Å²) >= 11 is 0. The Morgan fingerprint density at radius 1 is 1.11 bits per heavy atom.